The van der Waals surface area contributed by atoms with Gasteiger partial charge in [-0.15, -0.1) is 0 Å². The van der Waals surface area contributed by atoms with Crippen molar-refractivity contribution in [3.63, 3.8) is 0 Å². The zero-order valence-corrected chi connectivity index (χ0v) is 10.7. The van der Waals surface area contributed by atoms with E-state index in [1.807, 2.05) is 4.90 Å². The van der Waals surface area contributed by atoms with Gasteiger partial charge in [0.15, 0.2) is 0 Å². The fourth-order valence-corrected chi connectivity index (χ4v) is 2.38. The van der Waals surface area contributed by atoms with Crippen molar-refractivity contribution in [3.05, 3.63) is 32.3 Å². The third kappa shape index (κ3) is 2.64. The number of nitro benzene ring substituents is 1. The molecule has 0 bridgehead atoms. The van der Waals surface area contributed by atoms with Gasteiger partial charge in [-0.1, -0.05) is 23.2 Å². The van der Waals surface area contributed by atoms with Crippen LogP contribution in [0.15, 0.2) is 12.1 Å². The minimum absolute atomic E-state index is 0.0290. The molecule has 0 unspecified atom stereocenters. The van der Waals surface area contributed by atoms with Gasteiger partial charge < -0.3 is 4.90 Å². The normalized spacial score (nSPS) is 16.0. The molecule has 1 saturated heterocycles. The maximum absolute atomic E-state index is 11.0. The molecule has 1 fully saturated rings. The van der Waals surface area contributed by atoms with Crippen molar-refractivity contribution in [3.8, 4) is 0 Å². The number of piperidine rings is 1. The van der Waals surface area contributed by atoms with Crippen LogP contribution >= 0.6 is 23.2 Å². The molecule has 1 aromatic rings. The molecule has 1 aromatic carbocycles. The van der Waals surface area contributed by atoms with Gasteiger partial charge in [0.2, 0.25) is 0 Å². The van der Waals surface area contributed by atoms with Gasteiger partial charge in [0.05, 0.1) is 15.0 Å². The Bertz CT molecular complexity index is 445. The predicted molar refractivity (Wildman–Crippen MR) is 69.2 cm³/mol. The van der Waals surface area contributed by atoms with Crippen molar-refractivity contribution >= 4 is 34.6 Å². The van der Waals surface area contributed by atoms with E-state index in [1.165, 1.54) is 12.5 Å². The smallest absolute Gasteiger partial charge is 0.294 e. The van der Waals surface area contributed by atoms with Crippen LogP contribution in [0.25, 0.3) is 0 Å². The van der Waals surface area contributed by atoms with Gasteiger partial charge in [0.25, 0.3) is 5.69 Å². The lowest BCUT2D eigenvalue weighted by molar-refractivity contribution is -0.384. The van der Waals surface area contributed by atoms with E-state index in [0.717, 1.165) is 25.9 Å². The fourth-order valence-electron chi connectivity index (χ4n) is 2.06. The van der Waals surface area contributed by atoms with Crippen molar-refractivity contribution in [1.29, 1.82) is 0 Å². The molecule has 17 heavy (non-hydrogen) atoms. The van der Waals surface area contributed by atoms with Gasteiger partial charge in [-0.2, -0.15) is 0 Å². The molecule has 0 N–H and O–H groups in total. The summed E-state index contributed by atoms with van der Waals surface area (Å²) in [6.45, 7) is 1.66. The van der Waals surface area contributed by atoms with E-state index in [9.17, 15) is 10.1 Å². The van der Waals surface area contributed by atoms with Gasteiger partial charge in [-0.25, -0.2) is 0 Å². The van der Waals surface area contributed by atoms with Crippen LogP contribution in [-0.4, -0.2) is 18.0 Å². The van der Waals surface area contributed by atoms with Gasteiger partial charge in [-0.05, 0) is 25.3 Å². The summed E-state index contributed by atoms with van der Waals surface area (Å²) >= 11 is 11.7. The fraction of sp³-hybridized carbons (Fsp3) is 0.455. The predicted octanol–water partition coefficient (Wildman–Crippen LogP) is 3.89. The summed E-state index contributed by atoms with van der Waals surface area (Å²) in [6, 6.07) is 2.92. The molecule has 0 saturated carbocycles. The number of anilines is 1. The second kappa shape index (κ2) is 5.10. The van der Waals surface area contributed by atoms with Gasteiger partial charge in [0.1, 0.15) is 5.69 Å². The molecular weight excluding hydrogens is 263 g/mol. The molecule has 0 amide bonds. The van der Waals surface area contributed by atoms with Crippen LogP contribution in [0.1, 0.15) is 19.3 Å². The first-order chi connectivity index (χ1) is 8.09. The highest BCUT2D eigenvalue weighted by atomic mass is 35.5. The summed E-state index contributed by atoms with van der Waals surface area (Å²) in [4.78, 5) is 12.6. The lowest BCUT2D eigenvalue weighted by Crippen LogP contribution is -2.29. The molecule has 0 aliphatic carbocycles. The molecule has 1 aliphatic rings. The average molecular weight is 275 g/mol. The molecular formula is C11H12Cl2N2O2. The zero-order chi connectivity index (χ0) is 12.4. The number of nitrogens with zero attached hydrogens (tertiary/aromatic N) is 2. The molecule has 0 radical (unpaired) electrons. The Labute approximate surface area is 109 Å². The van der Waals surface area contributed by atoms with E-state index in [4.69, 9.17) is 23.2 Å². The Morgan fingerprint density at radius 3 is 2.29 bits per heavy atom. The Hall–Kier alpha value is -1.00. The van der Waals surface area contributed by atoms with E-state index in [1.54, 1.807) is 6.07 Å². The van der Waals surface area contributed by atoms with E-state index >= 15 is 0 Å². The van der Waals surface area contributed by atoms with Crippen molar-refractivity contribution in [1.82, 2.24) is 0 Å². The monoisotopic (exact) mass is 274 g/mol. The summed E-state index contributed by atoms with van der Waals surface area (Å²) in [5.41, 5.74) is 0.602. The maximum atomic E-state index is 11.0. The van der Waals surface area contributed by atoms with Crippen LogP contribution in [0.2, 0.25) is 10.0 Å². The lowest BCUT2D eigenvalue weighted by Gasteiger charge is -2.28. The molecule has 1 heterocycles. The summed E-state index contributed by atoms with van der Waals surface area (Å²) in [5.74, 6) is 0. The van der Waals surface area contributed by atoms with Crippen molar-refractivity contribution in [2.24, 2.45) is 0 Å². The van der Waals surface area contributed by atoms with E-state index < -0.39 is 4.92 Å². The maximum Gasteiger partial charge on any atom is 0.294 e. The summed E-state index contributed by atoms with van der Waals surface area (Å²) < 4.78 is 0. The van der Waals surface area contributed by atoms with Gasteiger partial charge >= 0.3 is 0 Å². The van der Waals surface area contributed by atoms with Gasteiger partial charge in [-0.3, -0.25) is 10.1 Å². The SMILES string of the molecule is O=[N+]([O-])c1cc(Cl)c(Cl)cc1N1CCCCC1. The molecule has 6 heteroatoms. The summed E-state index contributed by atoms with van der Waals surface area (Å²) in [7, 11) is 0. The van der Waals surface area contributed by atoms with Crippen LogP contribution in [0.5, 0.6) is 0 Å². The van der Waals surface area contributed by atoms with Crippen LogP contribution in [0.4, 0.5) is 11.4 Å². The lowest BCUT2D eigenvalue weighted by atomic mass is 10.1. The first kappa shape index (κ1) is 12.5. The molecule has 92 valence electrons. The Morgan fingerprint density at radius 1 is 1.12 bits per heavy atom. The molecule has 4 nitrogen and oxygen atoms in total. The molecule has 1 aliphatic heterocycles. The van der Waals surface area contributed by atoms with Crippen molar-refractivity contribution in [2.75, 3.05) is 18.0 Å². The van der Waals surface area contributed by atoms with Crippen LogP contribution < -0.4 is 4.90 Å². The largest absolute Gasteiger partial charge is 0.366 e. The third-order valence-corrected chi connectivity index (χ3v) is 3.63. The Balaban J connectivity index is 2.42. The number of benzene rings is 1. The van der Waals surface area contributed by atoms with E-state index in [0.29, 0.717) is 10.7 Å². The second-order valence-corrected chi connectivity index (χ2v) is 4.87. The first-order valence-electron chi connectivity index (χ1n) is 5.48. The first-order valence-corrected chi connectivity index (χ1v) is 6.23. The molecule has 0 spiro atoms. The molecule has 2 rings (SSSR count). The van der Waals surface area contributed by atoms with Crippen molar-refractivity contribution < 1.29 is 4.92 Å². The minimum Gasteiger partial charge on any atom is -0.366 e. The standard InChI is InChI=1S/C11H12Cl2N2O2/c12-8-6-10(14-4-2-1-3-5-14)11(15(16)17)7-9(8)13/h6-7H,1-5H2. The number of rotatable bonds is 2. The second-order valence-electron chi connectivity index (χ2n) is 4.06. The topological polar surface area (TPSA) is 46.4 Å². The quantitative estimate of drug-likeness (QED) is 0.607. The number of hydrogen-bond acceptors (Lipinski definition) is 3. The zero-order valence-electron chi connectivity index (χ0n) is 9.16. The Kier molecular flexibility index (Phi) is 3.74. The van der Waals surface area contributed by atoms with Gasteiger partial charge in [0, 0.05) is 19.2 Å². The van der Waals surface area contributed by atoms with Crippen molar-refractivity contribution in [2.45, 2.75) is 19.3 Å². The van der Waals surface area contributed by atoms with Crippen LogP contribution in [-0.2, 0) is 0 Å². The average Bonchev–Trinajstić information content (AvgIpc) is 2.33. The van der Waals surface area contributed by atoms with E-state index in [2.05, 4.69) is 0 Å². The molecule has 0 atom stereocenters. The highest BCUT2D eigenvalue weighted by Gasteiger charge is 2.23. The van der Waals surface area contributed by atoms with E-state index in [-0.39, 0.29) is 10.7 Å². The summed E-state index contributed by atoms with van der Waals surface area (Å²) in [5, 5.41) is 11.6. The number of hydrogen-bond donors (Lipinski definition) is 0. The highest BCUT2D eigenvalue weighted by molar-refractivity contribution is 6.42. The summed E-state index contributed by atoms with van der Waals surface area (Å²) in [6.07, 6.45) is 3.28. The minimum atomic E-state index is -0.411. The van der Waals surface area contributed by atoms with Crippen LogP contribution in [0.3, 0.4) is 0 Å². The highest BCUT2D eigenvalue weighted by Crippen LogP contribution is 2.37. The Morgan fingerprint density at radius 2 is 1.71 bits per heavy atom. The number of nitro groups is 1. The number of halogens is 2. The molecule has 0 aromatic heterocycles. The van der Waals surface area contributed by atoms with Crippen LogP contribution in [0, 0.1) is 10.1 Å². The third-order valence-electron chi connectivity index (χ3n) is 2.91.